The maximum absolute atomic E-state index is 12.7. The molecule has 6 nitrogen and oxygen atoms in total. The number of aryl methyl sites for hydroxylation is 3. The molecule has 0 spiro atoms. The number of imidazole rings is 1. The van der Waals surface area contributed by atoms with Crippen molar-refractivity contribution in [3.05, 3.63) is 83.1 Å². The van der Waals surface area contributed by atoms with Crippen LogP contribution in [0, 0.1) is 0 Å². The Balaban J connectivity index is 1.45. The highest BCUT2D eigenvalue weighted by Crippen LogP contribution is 2.28. The lowest BCUT2D eigenvalue weighted by atomic mass is 10.1. The molecule has 4 rings (SSSR count). The normalized spacial score (nSPS) is 11.6. The lowest BCUT2D eigenvalue weighted by molar-refractivity contribution is 0.414. The average Bonchev–Trinajstić information content (AvgIpc) is 3.16. The Morgan fingerprint density at radius 1 is 1.03 bits per heavy atom. The zero-order chi connectivity index (χ0) is 22.7. The van der Waals surface area contributed by atoms with Crippen molar-refractivity contribution in [2.24, 2.45) is 0 Å². The van der Waals surface area contributed by atoms with Gasteiger partial charge in [0.25, 0.3) is 10.0 Å². The number of hydrogen-bond acceptors (Lipinski definition) is 4. The minimum atomic E-state index is -3.76. The summed E-state index contributed by atoms with van der Waals surface area (Å²) in [4.78, 5) is 4.84. The third-order valence-corrected chi connectivity index (χ3v) is 7.00. The molecule has 0 saturated carbocycles. The minimum Gasteiger partial charge on any atom is -0.495 e. The summed E-state index contributed by atoms with van der Waals surface area (Å²) < 4.78 is 35.3. The monoisotopic (exact) mass is 469 g/mol. The summed E-state index contributed by atoms with van der Waals surface area (Å²) in [6.07, 6.45) is 1.61. The van der Waals surface area contributed by atoms with Crippen LogP contribution in [0.2, 0.25) is 5.02 Å². The summed E-state index contributed by atoms with van der Waals surface area (Å²) >= 11 is 6.07. The summed E-state index contributed by atoms with van der Waals surface area (Å²) in [6.45, 7) is 2.99. The molecule has 4 aromatic rings. The first kappa shape index (κ1) is 22.2. The van der Waals surface area contributed by atoms with Gasteiger partial charge in [0.2, 0.25) is 0 Å². The highest BCUT2D eigenvalue weighted by Gasteiger charge is 2.16. The second-order valence-corrected chi connectivity index (χ2v) is 9.45. The number of methoxy groups -OCH3 is 1. The Bertz CT molecular complexity index is 1350. The summed E-state index contributed by atoms with van der Waals surface area (Å²) in [6, 6.07) is 19.9. The van der Waals surface area contributed by atoms with Crippen molar-refractivity contribution in [2.45, 2.75) is 31.2 Å². The van der Waals surface area contributed by atoms with Crippen molar-refractivity contribution in [2.75, 3.05) is 11.8 Å². The van der Waals surface area contributed by atoms with Crippen molar-refractivity contribution in [3.8, 4) is 5.75 Å². The molecule has 1 N–H and O–H groups in total. The van der Waals surface area contributed by atoms with Crippen molar-refractivity contribution in [1.82, 2.24) is 9.55 Å². The average molecular weight is 470 g/mol. The second kappa shape index (κ2) is 9.22. The number of benzene rings is 3. The molecule has 0 aliphatic carbocycles. The standard InChI is InChI=1S/C24H24ClN3O3S/c1-3-28-22-7-5-4-6-21(22)26-24(28)15-10-17-8-11-18(12-9-17)27-32(29,30)19-13-14-23(31-2)20(25)16-19/h4-9,11-14,16,27H,3,10,15H2,1-2H3. The zero-order valence-electron chi connectivity index (χ0n) is 17.9. The number of anilines is 1. The van der Waals surface area contributed by atoms with Gasteiger partial charge in [-0.3, -0.25) is 4.72 Å². The van der Waals surface area contributed by atoms with E-state index in [0.717, 1.165) is 41.8 Å². The van der Waals surface area contributed by atoms with Gasteiger partial charge in [-0.05, 0) is 61.4 Å². The SMILES string of the molecule is CCn1c(CCc2ccc(NS(=O)(=O)c3ccc(OC)c(Cl)c3)cc2)nc2ccccc21. The molecule has 0 aliphatic heterocycles. The molecule has 0 aliphatic rings. The number of para-hydroxylation sites is 2. The molecular weight excluding hydrogens is 446 g/mol. The van der Waals surface area contributed by atoms with Crippen LogP contribution in [0.25, 0.3) is 11.0 Å². The Labute approximate surface area is 192 Å². The number of ether oxygens (including phenoxy) is 1. The van der Waals surface area contributed by atoms with Gasteiger partial charge in [-0.25, -0.2) is 13.4 Å². The largest absolute Gasteiger partial charge is 0.495 e. The van der Waals surface area contributed by atoms with Crippen LogP contribution in [-0.4, -0.2) is 25.1 Å². The van der Waals surface area contributed by atoms with E-state index in [0.29, 0.717) is 11.4 Å². The number of halogens is 1. The van der Waals surface area contributed by atoms with Gasteiger partial charge in [-0.1, -0.05) is 35.9 Å². The Morgan fingerprint density at radius 2 is 1.78 bits per heavy atom. The zero-order valence-corrected chi connectivity index (χ0v) is 19.4. The van der Waals surface area contributed by atoms with Crippen LogP contribution >= 0.6 is 11.6 Å². The number of hydrogen-bond donors (Lipinski definition) is 1. The van der Waals surface area contributed by atoms with Crippen molar-refractivity contribution in [3.63, 3.8) is 0 Å². The van der Waals surface area contributed by atoms with Gasteiger partial charge in [0.15, 0.2) is 0 Å². The second-order valence-electron chi connectivity index (χ2n) is 7.36. The van der Waals surface area contributed by atoms with Gasteiger partial charge in [-0.2, -0.15) is 0 Å². The Kier molecular flexibility index (Phi) is 6.39. The molecule has 0 amide bonds. The molecular formula is C24H24ClN3O3S. The van der Waals surface area contributed by atoms with Crippen LogP contribution in [0.15, 0.2) is 71.6 Å². The molecule has 0 unspecified atom stereocenters. The lowest BCUT2D eigenvalue weighted by Crippen LogP contribution is -2.13. The van der Waals surface area contributed by atoms with Gasteiger partial charge in [-0.15, -0.1) is 0 Å². The fraction of sp³-hybridized carbons (Fsp3) is 0.208. The van der Waals surface area contributed by atoms with E-state index in [1.54, 1.807) is 12.1 Å². The maximum atomic E-state index is 12.7. The summed E-state index contributed by atoms with van der Waals surface area (Å²) in [5.74, 6) is 1.47. The summed E-state index contributed by atoms with van der Waals surface area (Å²) in [5.41, 5.74) is 3.75. The summed E-state index contributed by atoms with van der Waals surface area (Å²) in [7, 11) is -2.28. The first-order valence-electron chi connectivity index (χ1n) is 10.3. The molecule has 0 atom stereocenters. The number of aromatic nitrogens is 2. The Morgan fingerprint density at radius 3 is 2.47 bits per heavy atom. The molecule has 166 valence electrons. The van der Waals surface area contributed by atoms with Crippen molar-refractivity contribution in [1.29, 1.82) is 0 Å². The van der Waals surface area contributed by atoms with Crippen LogP contribution in [-0.2, 0) is 29.4 Å². The number of fused-ring (bicyclic) bond motifs is 1. The van der Waals surface area contributed by atoms with Crippen LogP contribution in [0.1, 0.15) is 18.3 Å². The van der Waals surface area contributed by atoms with E-state index in [1.807, 2.05) is 30.3 Å². The lowest BCUT2D eigenvalue weighted by Gasteiger charge is -2.11. The van der Waals surface area contributed by atoms with Crippen LogP contribution < -0.4 is 9.46 Å². The molecule has 1 aromatic heterocycles. The summed E-state index contributed by atoms with van der Waals surface area (Å²) in [5, 5.41) is 0.240. The van der Waals surface area contributed by atoms with E-state index in [9.17, 15) is 8.42 Å². The molecule has 3 aromatic carbocycles. The Hall–Kier alpha value is -3.03. The highest BCUT2D eigenvalue weighted by atomic mass is 35.5. The van der Waals surface area contributed by atoms with E-state index in [-0.39, 0.29) is 9.92 Å². The smallest absolute Gasteiger partial charge is 0.261 e. The van der Waals surface area contributed by atoms with E-state index in [1.165, 1.54) is 25.3 Å². The number of nitrogens with zero attached hydrogens (tertiary/aromatic N) is 2. The van der Waals surface area contributed by atoms with Crippen molar-refractivity contribution < 1.29 is 13.2 Å². The predicted octanol–water partition coefficient (Wildman–Crippen LogP) is 5.30. The third kappa shape index (κ3) is 4.59. The van der Waals surface area contributed by atoms with E-state index >= 15 is 0 Å². The highest BCUT2D eigenvalue weighted by molar-refractivity contribution is 7.92. The molecule has 1 heterocycles. The van der Waals surface area contributed by atoms with E-state index in [4.69, 9.17) is 21.3 Å². The number of nitrogens with one attached hydrogen (secondary N) is 1. The maximum Gasteiger partial charge on any atom is 0.261 e. The van der Waals surface area contributed by atoms with Gasteiger partial charge >= 0.3 is 0 Å². The van der Waals surface area contributed by atoms with Gasteiger partial charge in [0.05, 0.1) is 28.1 Å². The first-order valence-corrected chi connectivity index (χ1v) is 12.2. The van der Waals surface area contributed by atoms with Gasteiger partial charge in [0.1, 0.15) is 11.6 Å². The number of sulfonamides is 1. The molecule has 0 radical (unpaired) electrons. The van der Waals surface area contributed by atoms with Gasteiger partial charge in [0, 0.05) is 18.7 Å². The van der Waals surface area contributed by atoms with Crippen molar-refractivity contribution >= 4 is 38.3 Å². The molecule has 0 fully saturated rings. The van der Waals surface area contributed by atoms with Gasteiger partial charge < -0.3 is 9.30 Å². The predicted molar refractivity (Wildman–Crippen MR) is 128 cm³/mol. The van der Waals surface area contributed by atoms with Crippen LogP contribution in [0.4, 0.5) is 5.69 Å². The van der Waals surface area contributed by atoms with E-state index < -0.39 is 10.0 Å². The van der Waals surface area contributed by atoms with E-state index in [2.05, 4.69) is 22.3 Å². The third-order valence-electron chi connectivity index (χ3n) is 5.33. The first-order chi connectivity index (χ1) is 15.4. The fourth-order valence-electron chi connectivity index (χ4n) is 3.69. The van der Waals surface area contributed by atoms with Crippen LogP contribution in [0.5, 0.6) is 5.75 Å². The fourth-order valence-corrected chi connectivity index (χ4v) is 5.10. The molecule has 32 heavy (non-hydrogen) atoms. The molecule has 0 saturated heterocycles. The molecule has 0 bridgehead atoms. The topological polar surface area (TPSA) is 73.2 Å². The molecule has 8 heteroatoms. The quantitative estimate of drug-likeness (QED) is 0.380. The van der Waals surface area contributed by atoms with Crippen LogP contribution in [0.3, 0.4) is 0 Å². The number of rotatable bonds is 8. The minimum absolute atomic E-state index is 0.0749.